The molecule has 0 aromatic heterocycles. The third kappa shape index (κ3) is 10.9. The highest BCUT2D eigenvalue weighted by molar-refractivity contribution is 7.33. The van der Waals surface area contributed by atoms with Crippen LogP contribution in [0.4, 0.5) is 0 Å². The number of rotatable bonds is 6. The summed E-state index contributed by atoms with van der Waals surface area (Å²) in [6, 6.07) is 0. The maximum Gasteiger partial charge on any atom is 0.804 e. The average molecular weight is 314 g/mol. The fraction of sp³-hybridized carbons (Fsp3) is 0.667. The minimum atomic E-state index is -2.27. The monoisotopic (exact) mass is 313 g/mol. The van der Waals surface area contributed by atoms with E-state index < -0.39 is 18.0 Å². The lowest BCUT2D eigenvalue weighted by Gasteiger charge is -2.09. The molecule has 0 fully saturated rings. The van der Waals surface area contributed by atoms with Gasteiger partial charge in [0.2, 0.25) is 0 Å². The standard InChI is InChI=1S/C12H20Cl2O3P/c1-9(7-11(3,4)13)16-18(15)17-10(2)8-12(5,6)14/h7-8H,1-6H3/q+1. The first-order chi connectivity index (χ1) is 7.89. The summed E-state index contributed by atoms with van der Waals surface area (Å²) in [7, 11) is -2.27. The molecule has 0 heterocycles. The first-order valence-corrected chi connectivity index (χ1v) is 7.34. The molecule has 0 aliphatic heterocycles. The van der Waals surface area contributed by atoms with E-state index in [9.17, 15) is 4.57 Å². The van der Waals surface area contributed by atoms with Gasteiger partial charge in [0.25, 0.3) is 0 Å². The summed E-state index contributed by atoms with van der Waals surface area (Å²) in [6.07, 6.45) is 3.32. The Morgan fingerprint density at radius 2 is 1.22 bits per heavy atom. The molecule has 0 N–H and O–H groups in total. The highest BCUT2D eigenvalue weighted by Crippen LogP contribution is 2.33. The van der Waals surface area contributed by atoms with Crippen molar-refractivity contribution in [1.82, 2.24) is 0 Å². The third-order valence-electron chi connectivity index (χ3n) is 1.53. The topological polar surface area (TPSA) is 35.5 Å². The Hall–Kier alpha value is -0.240. The normalized spacial score (nSPS) is 15.4. The molecule has 0 unspecified atom stereocenters. The lowest BCUT2D eigenvalue weighted by molar-refractivity contribution is 0.314. The van der Waals surface area contributed by atoms with Crippen molar-refractivity contribution in [3.8, 4) is 0 Å². The van der Waals surface area contributed by atoms with E-state index in [-0.39, 0.29) is 0 Å². The zero-order valence-corrected chi connectivity index (χ0v) is 14.0. The van der Waals surface area contributed by atoms with Gasteiger partial charge in [0.05, 0.1) is 9.75 Å². The van der Waals surface area contributed by atoms with Gasteiger partial charge in [0.1, 0.15) is 0 Å². The lowest BCUT2D eigenvalue weighted by atomic mass is 10.2. The zero-order chi connectivity index (χ0) is 14.6. The Morgan fingerprint density at radius 3 is 1.44 bits per heavy atom. The highest BCUT2D eigenvalue weighted by Gasteiger charge is 2.26. The maximum atomic E-state index is 11.6. The van der Waals surface area contributed by atoms with Crippen molar-refractivity contribution < 1.29 is 13.6 Å². The molecule has 0 bridgehead atoms. The van der Waals surface area contributed by atoms with Crippen molar-refractivity contribution >= 4 is 31.5 Å². The fourth-order valence-electron chi connectivity index (χ4n) is 1.27. The Labute approximate surface area is 120 Å². The van der Waals surface area contributed by atoms with Crippen LogP contribution < -0.4 is 0 Å². The molecular formula is C12H20Cl2O3P+. The van der Waals surface area contributed by atoms with Crippen molar-refractivity contribution in [3.05, 3.63) is 23.7 Å². The van der Waals surface area contributed by atoms with Gasteiger partial charge in [-0.05, 0) is 53.7 Å². The van der Waals surface area contributed by atoms with Crippen LogP contribution in [0.15, 0.2) is 23.7 Å². The van der Waals surface area contributed by atoms with Gasteiger partial charge in [-0.1, -0.05) is 0 Å². The molecule has 0 atom stereocenters. The first kappa shape index (κ1) is 17.8. The Balaban J connectivity index is 4.46. The van der Waals surface area contributed by atoms with Gasteiger partial charge in [-0.25, -0.2) is 9.05 Å². The molecule has 0 amide bonds. The van der Waals surface area contributed by atoms with Crippen LogP contribution in [-0.4, -0.2) is 9.75 Å². The van der Waals surface area contributed by atoms with E-state index in [0.717, 1.165) is 0 Å². The number of hydrogen-bond acceptors (Lipinski definition) is 3. The van der Waals surface area contributed by atoms with E-state index in [1.807, 2.05) is 0 Å². The second-order valence-electron chi connectivity index (χ2n) is 5.05. The smallest absolute Gasteiger partial charge is 0.227 e. The van der Waals surface area contributed by atoms with Gasteiger partial charge >= 0.3 is 8.25 Å². The van der Waals surface area contributed by atoms with Crippen LogP contribution in [0.1, 0.15) is 41.5 Å². The predicted molar refractivity (Wildman–Crippen MR) is 77.2 cm³/mol. The van der Waals surface area contributed by atoms with Crippen LogP contribution in [0.5, 0.6) is 0 Å². The minimum absolute atomic E-state index is 0.453. The van der Waals surface area contributed by atoms with E-state index in [2.05, 4.69) is 0 Å². The quantitative estimate of drug-likeness (QED) is 0.368. The van der Waals surface area contributed by atoms with Gasteiger partial charge in [-0.15, -0.1) is 23.2 Å². The van der Waals surface area contributed by atoms with Gasteiger partial charge < -0.3 is 0 Å². The van der Waals surface area contributed by atoms with E-state index >= 15 is 0 Å². The van der Waals surface area contributed by atoms with Crippen molar-refractivity contribution in [2.24, 2.45) is 0 Å². The summed E-state index contributed by atoms with van der Waals surface area (Å²) in [6.45, 7) is 10.6. The van der Waals surface area contributed by atoms with E-state index in [0.29, 0.717) is 11.5 Å². The number of hydrogen-bond donors (Lipinski definition) is 0. The van der Waals surface area contributed by atoms with Gasteiger partial charge in [-0.3, -0.25) is 0 Å². The molecule has 0 rings (SSSR count). The van der Waals surface area contributed by atoms with Gasteiger partial charge in [-0.2, -0.15) is 0 Å². The van der Waals surface area contributed by atoms with Gasteiger partial charge in [0, 0.05) is 4.57 Å². The van der Waals surface area contributed by atoms with Crippen molar-refractivity contribution in [1.29, 1.82) is 0 Å². The Bertz CT molecular complexity index is 328. The SMILES string of the molecule is CC(=CC(C)(C)Cl)O[P+](=O)OC(C)=CC(C)(C)Cl. The summed E-state index contributed by atoms with van der Waals surface area (Å²) in [5.74, 6) is 0.906. The van der Waals surface area contributed by atoms with Crippen LogP contribution in [0.3, 0.4) is 0 Å². The summed E-state index contributed by atoms with van der Waals surface area (Å²) in [5.41, 5.74) is 0. The van der Waals surface area contributed by atoms with Crippen molar-refractivity contribution in [2.75, 3.05) is 0 Å². The lowest BCUT2D eigenvalue weighted by Crippen LogP contribution is -2.06. The van der Waals surface area contributed by atoms with Crippen LogP contribution >= 0.6 is 31.5 Å². The number of alkyl halides is 2. The zero-order valence-electron chi connectivity index (χ0n) is 11.6. The Kier molecular flexibility index (Phi) is 6.70. The van der Waals surface area contributed by atoms with Crippen LogP contribution in [0, 0.1) is 0 Å². The molecular weight excluding hydrogens is 294 g/mol. The molecule has 3 nitrogen and oxygen atoms in total. The average Bonchev–Trinajstić information content (AvgIpc) is 1.92. The van der Waals surface area contributed by atoms with Crippen molar-refractivity contribution in [2.45, 2.75) is 51.3 Å². The molecule has 0 spiro atoms. The van der Waals surface area contributed by atoms with Gasteiger partial charge in [0.15, 0.2) is 11.5 Å². The molecule has 0 aromatic carbocycles. The predicted octanol–water partition coefficient (Wildman–Crippen LogP) is 5.52. The number of halogens is 2. The van der Waals surface area contributed by atoms with E-state index in [1.54, 1.807) is 53.7 Å². The molecule has 0 radical (unpaired) electrons. The summed E-state index contributed by atoms with van der Waals surface area (Å²) >= 11 is 12.0. The molecule has 104 valence electrons. The molecule has 0 aliphatic carbocycles. The Morgan fingerprint density at radius 1 is 0.944 bits per heavy atom. The largest absolute Gasteiger partial charge is 0.804 e. The fourth-order valence-corrected chi connectivity index (χ4v) is 2.19. The van der Waals surface area contributed by atoms with Crippen LogP contribution in [-0.2, 0) is 13.6 Å². The molecule has 18 heavy (non-hydrogen) atoms. The summed E-state index contributed by atoms with van der Waals surface area (Å²) in [4.78, 5) is -1.10. The van der Waals surface area contributed by atoms with Crippen molar-refractivity contribution in [3.63, 3.8) is 0 Å². The first-order valence-electron chi connectivity index (χ1n) is 5.49. The van der Waals surface area contributed by atoms with Crippen LogP contribution in [0.2, 0.25) is 0 Å². The second kappa shape index (κ2) is 6.79. The molecule has 6 heteroatoms. The second-order valence-corrected chi connectivity index (χ2v) is 7.81. The highest BCUT2D eigenvalue weighted by atomic mass is 35.5. The minimum Gasteiger partial charge on any atom is -0.227 e. The summed E-state index contributed by atoms with van der Waals surface area (Å²) in [5, 5.41) is 0. The van der Waals surface area contributed by atoms with E-state index in [1.165, 1.54) is 0 Å². The molecule has 0 aliphatic rings. The molecule has 0 saturated carbocycles. The summed E-state index contributed by atoms with van der Waals surface area (Å²) < 4.78 is 21.8. The maximum absolute atomic E-state index is 11.6. The van der Waals surface area contributed by atoms with Crippen LogP contribution in [0.25, 0.3) is 0 Å². The number of allylic oxidation sites excluding steroid dienone is 4. The molecule has 0 aromatic rings. The molecule has 0 saturated heterocycles. The van der Waals surface area contributed by atoms with E-state index in [4.69, 9.17) is 32.2 Å². The third-order valence-corrected chi connectivity index (χ3v) is 2.62.